The maximum Gasteiger partial charge on any atom is 0.130 e. The molecule has 0 amide bonds. The highest BCUT2D eigenvalue weighted by Gasteiger charge is 2.02. The van der Waals surface area contributed by atoms with Gasteiger partial charge in [-0.3, -0.25) is 0 Å². The molecule has 14 heavy (non-hydrogen) atoms. The van der Waals surface area contributed by atoms with Crippen LogP contribution in [0.25, 0.3) is 0 Å². The quantitative estimate of drug-likeness (QED) is 0.712. The van der Waals surface area contributed by atoms with Gasteiger partial charge >= 0.3 is 0 Å². The first kappa shape index (κ1) is 8.89. The fourth-order valence-electron chi connectivity index (χ4n) is 1.20. The summed E-state index contributed by atoms with van der Waals surface area (Å²) in [6, 6.07) is 0. The summed E-state index contributed by atoms with van der Waals surface area (Å²) in [6.45, 7) is 1.04. The van der Waals surface area contributed by atoms with Crippen molar-refractivity contribution in [3.8, 4) is 0 Å². The Morgan fingerprint density at radius 1 is 1.50 bits per heavy atom. The number of aryl methyl sites for hydroxylation is 1. The second kappa shape index (κ2) is 3.59. The zero-order valence-corrected chi connectivity index (χ0v) is 7.96. The molecule has 2 aromatic rings. The number of aromatic nitrogens is 5. The topological polar surface area (TPSA) is 74.5 Å². The number of hydrogen-bond donors (Lipinski definition) is 1. The zero-order chi connectivity index (χ0) is 9.97. The number of imidazole rings is 1. The number of nitrogens with two attached hydrogens (primary N) is 1. The summed E-state index contributed by atoms with van der Waals surface area (Å²) < 4.78 is 3.67. The molecule has 2 N–H and O–H groups in total. The van der Waals surface area contributed by atoms with E-state index < -0.39 is 0 Å². The molecular formula is C8H12N6. The molecule has 0 fully saturated rings. The third kappa shape index (κ3) is 1.64. The van der Waals surface area contributed by atoms with Crippen molar-refractivity contribution in [3.05, 3.63) is 30.1 Å². The van der Waals surface area contributed by atoms with Crippen LogP contribution in [0, 0.1) is 0 Å². The Labute approximate surface area is 81.4 Å². The van der Waals surface area contributed by atoms with E-state index in [1.54, 1.807) is 10.9 Å². The van der Waals surface area contributed by atoms with E-state index in [9.17, 15) is 0 Å². The summed E-state index contributed by atoms with van der Waals surface area (Å²) in [5.41, 5.74) is 6.22. The van der Waals surface area contributed by atoms with Gasteiger partial charge in [-0.05, 0) is 0 Å². The standard InChI is InChI=1S/C8H12N6/c1-13-3-2-10-8(13)6-14-5-7(4-9)11-12-14/h2-3,5H,4,6,9H2,1H3. The molecule has 0 aromatic carbocycles. The molecule has 0 aliphatic heterocycles. The Kier molecular flexibility index (Phi) is 2.28. The highest BCUT2D eigenvalue weighted by atomic mass is 15.4. The van der Waals surface area contributed by atoms with Gasteiger partial charge in [0, 0.05) is 26.0 Å². The predicted molar refractivity (Wildman–Crippen MR) is 50.2 cm³/mol. The third-order valence-electron chi connectivity index (χ3n) is 2.02. The van der Waals surface area contributed by atoms with E-state index in [4.69, 9.17) is 5.73 Å². The van der Waals surface area contributed by atoms with E-state index in [0.717, 1.165) is 11.5 Å². The normalized spacial score (nSPS) is 10.7. The molecule has 0 unspecified atom stereocenters. The molecule has 0 aliphatic rings. The van der Waals surface area contributed by atoms with Crippen molar-refractivity contribution in [3.63, 3.8) is 0 Å². The van der Waals surface area contributed by atoms with Gasteiger partial charge < -0.3 is 10.3 Å². The fourth-order valence-corrected chi connectivity index (χ4v) is 1.20. The van der Waals surface area contributed by atoms with Crippen molar-refractivity contribution < 1.29 is 0 Å². The van der Waals surface area contributed by atoms with Crippen LogP contribution in [0.5, 0.6) is 0 Å². The summed E-state index contributed by atoms with van der Waals surface area (Å²) in [7, 11) is 1.95. The Morgan fingerprint density at radius 2 is 2.36 bits per heavy atom. The van der Waals surface area contributed by atoms with E-state index in [1.165, 1.54) is 0 Å². The third-order valence-corrected chi connectivity index (χ3v) is 2.02. The van der Waals surface area contributed by atoms with E-state index >= 15 is 0 Å². The lowest BCUT2D eigenvalue weighted by Gasteiger charge is -1.99. The highest BCUT2D eigenvalue weighted by Crippen LogP contribution is 1.98. The molecule has 2 rings (SSSR count). The fraction of sp³-hybridized carbons (Fsp3) is 0.375. The van der Waals surface area contributed by atoms with Gasteiger partial charge in [0.1, 0.15) is 12.4 Å². The van der Waals surface area contributed by atoms with Gasteiger partial charge in [0.15, 0.2) is 0 Å². The van der Waals surface area contributed by atoms with Crippen LogP contribution in [0.4, 0.5) is 0 Å². The van der Waals surface area contributed by atoms with E-state index in [0.29, 0.717) is 13.1 Å². The molecule has 6 nitrogen and oxygen atoms in total. The van der Waals surface area contributed by atoms with Crippen LogP contribution in [0.3, 0.4) is 0 Å². The van der Waals surface area contributed by atoms with Gasteiger partial charge in [0.2, 0.25) is 0 Å². The molecule has 0 saturated carbocycles. The van der Waals surface area contributed by atoms with Crippen LogP contribution in [-0.4, -0.2) is 24.5 Å². The summed E-state index contributed by atoms with van der Waals surface area (Å²) in [4.78, 5) is 4.19. The monoisotopic (exact) mass is 192 g/mol. The van der Waals surface area contributed by atoms with Gasteiger partial charge in [-0.15, -0.1) is 5.10 Å². The molecule has 74 valence electrons. The Hall–Kier alpha value is -1.69. The molecule has 2 aromatic heterocycles. The summed E-state index contributed by atoms with van der Waals surface area (Å²) in [6.07, 6.45) is 5.49. The molecule has 2 heterocycles. The largest absolute Gasteiger partial charge is 0.336 e. The molecular weight excluding hydrogens is 180 g/mol. The second-order valence-electron chi connectivity index (χ2n) is 3.07. The van der Waals surface area contributed by atoms with Crippen molar-refractivity contribution in [1.29, 1.82) is 0 Å². The van der Waals surface area contributed by atoms with Gasteiger partial charge in [-0.2, -0.15) is 0 Å². The van der Waals surface area contributed by atoms with E-state index in [2.05, 4.69) is 15.3 Å². The van der Waals surface area contributed by atoms with Crippen LogP contribution in [0.1, 0.15) is 11.5 Å². The number of nitrogens with zero attached hydrogens (tertiary/aromatic N) is 5. The number of hydrogen-bond acceptors (Lipinski definition) is 4. The molecule has 6 heteroatoms. The van der Waals surface area contributed by atoms with E-state index in [1.807, 2.05) is 24.0 Å². The van der Waals surface area contributed by atoms with Crippen molar-refractivity contribution in [2.24, 2.45) is 12.8 Å². The Balaban J connectivity index is 2.15. The smallest absolute Gasteiger partial charge is 0.130 e. The SMILES string of the molecule is Cn1ccnc1Cn1cc(CN)nn1. The highest BCUT2D eigenvalue weighted by molar-refractivity contribution is 4.95. The van der Waals surface area contributed by atoms with Gasteiger partial charge in [-0.1, -0.05) is 5.21 Å². The summed E-state index contributed by atoms with van der Waals surface area (Å²) in [5.74, 6) is 0.943. The Bertz CT molecular complexity index is 415. The maximum absolute atomic E-state index is 5.43. The summed E-state index contributed by atoms with van der Waals surface area (Å²) >= 11 is 0. The lowest BCUT2D eigenvalue weighted by Crippen LogP contribution is -2.06. The molecule has 0 saturated heterocycles. The van der Waals surface area contributed by atoms with Gasteiger partial charge in [-0.25, -0.2) is 9.67 Å². The minimum Gasteiger partial charge on any atom is -0.336 e. The second-order valence-corrected chi connectivity index (χ2v) is 3.07. The van der Waals surface area contributed by atoms with Crippen molar-refractivity contribution in [2.45, 2.75) is 13.1 Å². The zero-order valence-electron chi connectivity index (χ0n) is 7.96. The van der Waals surface area contributed by atoms with Crippen LogP contribution in [-0.2, 0) is 20.1 Å². The lowest BCUT2D eigenvalue weighted by molar-refractivity contribution is 0.607. The van der Waals surface area contributed by atoms with E-state index in [-0.39, 0.29) is 0 Å². The van der Waals surface area contributed by atoms with Crippen molar-refractivity contribution in [2.75, 3.05) is 0 Å². The summed E-state index contributed by atoms with van der Waals surface area (Å²) in [5, 5.41) is 7.83. The van der Waals surface area contributed by atoms with Crippen molar-refractivity contribution in [1.82, 2.24) is 24.5 Å². The number of rotatable bonds is 3. The first-order valence-electron chi connectivity index (χ1n) is 4.35. The maximum atomic E-state index is 5.43. The Morgan fingerprint density at radius 3 is 2.93 bits per heavy atom. The van der Waals surface area contributed by atoms with Crippen LogP contribution < -0.4 is 5.73 Å². The average Bonchev–Trinajstić information content (AvgIpc) is 2.77. The minimum atomic E-state index is 0.417. The average molecular weight is 192 g/mol. The van der Waals surface area contributed by atoms with Crippen LogP contribution in [0.2, 0.25) is 0 Å². The molecule has 0 atom stereocenters. The minimum absolute atomic E-state index is 0.417. The molecule has 0 bridgehead atoms. The predicted octanol–water partition coefficient (Wildman–Crippen LogP) is -0.481. The van der Waals surface area contributed by atoms with Crippen molar-refractivity contribution >= 4 is 0 Å². The molecule has 0 spiro atoms. The first-order valence-corrected chi connectivity index (χ1v) is 4.35. The molecule has 0 radical (unpaired) electrons. The van der Waals surface area contributed by atoms with Gasteiger partial charge in [0.05, 0.1) is 11.9 Å². The first-order chi connectivity index (χ1) is 6.79. The lowest BCUT2D eigenvalue weighted by atomic mass is 10.5. The van der Waals surface area contributed by atoms with Crippen LogP contribution in [0.15, 0.2) is 18.6 Å². The van der Waals surface area contributed by atoms with Crippen LogP contribution >= 0.6 is 0 Å². The van der Waals surface area contributed by atoms with Gasteiger partial charge in [0.25, 0.3) is 0 Å². The molecule has 0 aliphatic carbocycles.